The second-order valence-corrected chi connectivity index (χ2v) is 8.32. The number of rotatable bonds is 4. The first-order valence-corrected chi connectivity index (χ1v) is 10.3. The molecule has 4 aromatic rings. The minimum absolute atomic E-state index is 0.0512. The van der Waals surface area contributed by atoms with Gasteiger partial charge < -0.3 is 0 Å². The van der Waals surface area contributed by atoms with E-state index in [2.05, 4.69) is 14.8 Å². The summed E-state index contributed by atoms with van der Waals surface area (Å²) in [5.74, 6) is 0.457. The van der Waals surface area contributed by atoms with Gasteiger partial charge in [-0.05, 0) is 43.7 Å². The van der Waals surface area contributed by atoms with Crippen molar-refractivity contribution in [3.05, 3.63) is 77.5 Å². The molecule has 7 nitrogen and oxygen atoms in total. The number of nitrogens with zero attached hydrogens (tertiary/aromatic N) is 4. The van der Waals surface area contributed by atoms with Gasteiger partial charge in [-0.1, -0.05) is 35.9 Å². The molecule has 0 aliphatic carbocycles. The van der Waals surface area contributed by atoms with Gasteiger partial charge in [0, 0.05) is 5.39 Å². The van der Waals surface area contributed by atoms with Crippen LogP contribution in [0.1, 0.15) is 16.7 Å². The summed E-state index contributed by atoms with van der Waals surface area (Å²) in [4.78, 5) is 4.69. The topological polar surface area (TPSA) is 101 Å². The lowest BCUT2D eigenvalue weighted by Gasteiger charge is -2.13. The molecule has 2 aromatic heterocycles. The van der Waals surface area contributed by atoms with Crippen LogP contribution in [-0.4, -0.2) is 23.2 Å². The van der Waals surface area contributed by atoms with E-state index in [-0.39, 0.29) is 16.3 Å². The Hall–Kier alpha value is -3.70. The van der Waals surface area contributed by atoms with E-state index in [0.29, 0.717) is 11.4 Å². The van der Waals surface area contributed by atoms with E-state index in [1.54, 1.807) is 31.2 Å². The first kappa shape index (κ1) is 18.7. The third-order valence-corrected chi connectivity index (χ3v) is 6.04. The van der Waals surface area contributed by atoms with Crippen LogP contribution in [0, 0.1) is 25.2 Å². The van der Waals surface area contributed by atoms with E-state index in [1.165, 1.54) is 10.9 Å². The fraction of sp³-hybridized carbons (Fsp3) is 0.0952. The van der Waals surface area contributed by atoms with Gasteiger partial charge in [0.15, 0.2) is 11.6 Å². The normalized spacial score (nSPS) is 11.3. The number of nitrogens with one attached hydrogen (secondary N) is 1. The minimum Gasteiger partial charge on any atom is -0.262 e. The molecule has 2 aromatic carbocycles. The Bertz CT molecular complexity index is 1380. The van der Waals surface area contributed by atoms with Crippen LogP contribution >= 0.6 is 0 Å². The Labute approximate surface area is 168 Å². The molecule has 0 spiro atoms. The third kappa shape index (κ3) is 3.44. The fourth-order valence-electron chi connectivity index (χ4n) is 3.16. The van der Waals surface area contributed by atoms with Crippen LogP contribution in [0.4, 0.5) is 5.82 Å². The summed E-state index contributed by atoms with van der Waals surface area (Å²) < 4.78 is 29.9. The summed E-state index contributed by atoms with van der Waals surface area (Å²) in [5, 5.41) is 14.6. The van der Waals surface area contributed by atoms with E-state index in [4.69, 9.17) is 0 Å². The van der Waals surface area contributed by atoms with E-state index in [9.17, 15) is 13.7 Å². The Balaban J connectivity index is 1.82. The zero-order valence-corrected chi connectivity index (χ0v) is 16.6. The summed E-state index contributed by atoms with van der Waals surface area (Å²) in [6.45, 7) is 3.63. The molecule has 4 rings (SSSR count). The first-order chi connectivity index (χ1) is 13.9. The maximum absolute atomic E-state index is 13.0. The monoisotopic (exact) mass is 403 g/mol. The number of para-hydroxylation sites is 1. The highest BCUT2D eigenvalue weighted by atomic mass is 32.2. The molecule has 2 heterocycles. The van der Waals surface area contributed by atoms with Crippen molar-refractivity contribution in [3.8, 4) is 11.9 Å². The Morgan fingerprint density at radius 1 is 1.07 bits per heavy atom. The van der Waals surface area contributed by atoms with Crippen molar-refractivity contribution < 1.29 is 8.42 Å². The second kappa shape index (κ2) is 7.04. The van der Waals surface area contributed by atoms with E-state index in [0.717, 1.165) is 16.5 Å². The number of sulfonamides is 1. The van der Waals surface area contributed by atoms with Crippen LogP contribution in [0.15, 0.2) is 65.7 Å². The van der Waals surface area contributed by atoms with Crippen LogP contribution in [0.25, 0.3) is 16.7 Å². The van der Waals surface area contributed by atoms with Gasteiger partial charge in [0.1, 0.15) is 11.6 Å². The number of hydrogen-bond donors (Lipinski definition) is 1. The van der Waals surface area contributed by atoms with Crippen molar-refractivity contribution in [1.82, 2.24) is 14.8 Å². The van der Waals surface area contributed by atoms with Crippen LogP contribution in [0.3, 0.4) is 0 Å². The van der Waals surface area contributed by atoms with Crippen LogP contribution < -0.4 is 4.72 Å². The molecule has 0 atom stereocenters. The van der Waals surface area contributed by atoms with Gasteiger partial charge in [-0.25, -0.2) is 13.4 Å². The van der Waals surface area contributed by atoms with Crippen LogP contribution in [0.5, 0.6) is 0 Å². The molecule has 0 fully saturated rings. The van der Waals surface area contributed by atoms with E-state index in [1.807, 2.05) is 43.3 Å². The van der Waals surface area contributed by atoms with Gasteiger partial charge in [-0.2, -0.15) is 15.0 Å². The highest BCUT2D eigenvalue weighted by molar-refractivity contribution is 7.92. The Morgan fingerprint density at radius 3 is 2.62 bits per heavy atom. The molecular formula is C21H17N5O2S. The number of aryl methyl sites for hydroxylation is 2. The highest BCUT2D eigenvalue weighted by Gasteiger charge is 2.22. The molecule has 0 aliphatic heterocycles. The quantitative estimate of drug-likeness (QED) is 0.560. The third-order valence-electron chi connectivity index (χ3n) is 4.54. The summed E-state index contributed by atoms with van der Waals surface area (Å²) in [5.41, 5.74) is 2.42. The number of anilines is 1. The molecule has 0 saturated heterocycles. The molecular weight excluding hydrogens is 386 g/mol. The standard InChI is InChI=1S/C21H17N5O2S/c1-14-7-9-19(15(2)11-14)29(27,28)25-21-17(12-22)13-23-26(21)20-10-8-16-5-3-4-6-18(16)24-20/h3-11,13,25H,1-2H3. The van der Waals surface area contributed by atoms with Gasteiger partial charge in [0.05, 0.1) is 16.6 Å². The predicted molar refractivity (Wildman–Crippen MR) is 110 cm³/mol. The van der Waals surface area contributed by atoms with E-state index >= 15 is 0 Å². The van der Waals surface area contributed by atoms with Crippen molar-refractivity contribution in [1.29, 1.82) is 5.26 Å². The van der Waals surface area contributed by atoms with Gasteiger partial charge in [-0.15, -0.1) is 0 Å². The second-order valence-electron chi connectivity index (χ2n) is 6.67. The molecule has 0 radical (unpaired) electrons. The van der Waals surface area contributed by atoms with Crippen molar-refractivity contribution in [2.75, 3.05) is 4.72 Å². The zero-order valence-electron chi connectivity index (χ0n) is 15.8. The molecule has 1 N–H and O–H groups in total. The summed E-state index contributed by atoms with van der Waals surface area (Å²) in [6.07, 6.45) is 1.32. The predicted octanol–water partition coefficient (Wildman–Crippen LogP) is 3.71. The maximum atomic E-state index is 13.0. The van der Waals surface area contributed by atoms with E-state index < -0.39 is 10.0 Å². The summed E-state index contributed by atoms with van der Waals surface area (Å²) in [7, 11) is -3.93. The average molecular weight is 403 g/mol. The van der Waals surface area contributed by atoms with Gasteiger partial charge in [0.2, 0.25) is 0 Å². The van der Waals surface area contributed by atoms with Crippen molar-refractivity contribution >= 4 is 26.7 Å². The Kier molecular flexibility index (Phi) is 4.53. The summed E-state index contributed by atoms with van der Waals surface area (Å²) in [6, 6.07) is 18.2. The SMILES string of the molecule is Cc1ccc(S(=O)(=O)Nc2c(C#N)cnn2-c2ccc3ccccc3n2)c(C)c1. The molecule has 0 unspecified atom stereocenters. The summed E-state index contributed by atoms with van der Waals surface area (Å²) >= 11 is 0. The van der Waals surface area contributed by atoms with Gasteiger partial charge >= 0.3 is 0 Å². The number of fused-ring (bicyclic) bond motifs is 1. The lowest BCUT2D eigenvalue weighted by atomic mass is 10.2. The molecule has 0 bridgehead atoms. The maximum Gasteiger partial charge on any atom is 0.263 e. The van der Waals surface area contributed by atoms with Crippen molar-refractivity contribution in [2.45, 2.75) is 18.7 Å². The lowest BCUT2D eigenvalue weighted by molar-refractivity contribution is 0.600. The lowest BCUT2D eigenvalue weighted by Crippen LogP contribution is -2.18. The van der Waals surface area contributed by atoms with Crippen LogP contribution in [-0.2, 0) is 10.0 Å². The highest BCUT2D eigenvalue weighted by Crippen LogP contribution is 2.25. The van der Waals surface area contributed by atoms with Crippen LogP contribution in [0.2, 0.25) is 0 Å². The number of nitriles is 1. The minimum atomic E-state index is -3.93. The molecule has 144 valence electrons. The number of pyridine rings is 1. The largest absolute Gasteiger partial charge is 0.263 e. The molecule has 0 saturated carbocycles. The van der Waals surface area contributed by atoms with Gasteiger partial charge in [0.25, 0.3) is 10.0 Å². The molecule has 8 heteroatoms. The smallest absolute Gasteiger partial charge is 0.262 e. The number of hydrogen-bond acceptors (Lipinski definition) is 5. The zero-order chi connectivity index (χ0) is 20.6. The molecule has 29 heavy (non-hydrogen) atoms. The van der Waals surface area contributed by atoms with Crippen molar-refractivity contribution in [2.24, 2.45) is 0 Å². The average Bonchev–Trinajstić information content (AvgIpc) is 3.09. The fourth-order valence-corrected chi connectivity index (χ4v) is 4.45. The molecule has 0 aliphatic rings. The molecule has 0 amide bonds. The van der Waals surface area contributed by atoms with Crippen molar-refractivity contribution in [3.63, 3.8) is 0 Å². The number of aromatic nitrogens is 3. The Morgan fingerprint density at radius 2 is 1.86 bits per heavy atom. The first-order valence-electron chi connectivity index (χ1n) is 8.83. The van der Waals surface area contributed by atoms with Gasteiger partial charge in [-0.3, -0.25) is 4.72 Å². The number of benzene rings is 2.